The van der Waals surface area contributed by atoms with E-state index >= 15 is 0 Å². The third-order valence-corrected chi connectivity index (χ3v) is 3.54. The van der Waals surface area contributed by atoms with Gasteiger partial charge in [-0.05, 0) is 24.1 Å². The van der Waals surface area contributed by atoms with Gasteiger partial charge in [0.2, 0.25) is 6.10 Å². The standard InChI is InChI=1S/C18H18N2O3/c1-2-14(13-8-4-3-5-9-13)19-20-18(21)17-12-22-15-10-6-7-11-16(15)23-17/h3-11,17H,2,12H2,1H3,(H,20,21)/b19-14+. The molecular formula is C18H18N2O3. The third-order valence-electron chi connectivity index (χ3n) is 3.54. The van der Waals surface area contributed by atoms with Crippen LogP contribution >= 0.6 is 0 Å². The summed E-state index contributed by atoms with van der Waals surface area (Å²) in [6.07, 6.45) is 0.0114. The molecule has 0 bridgehead atoms. The Morgan fingerprint density at radius 1 is 1.13 bits per heavy atom. The van der Waals surface area contributed by atoms with Crippen molar-refractivity contribution >= 4 is 11.6 Å². The number of amides is 1. The van der Waals surface area contributed by atoms with E-state index in [9.17, 15) is 4.79 Å². The number of hydrogen-bond acceptors (Lipinski definition) is 4. The van der Waals surface area contributed by atoms with Gasteiger partial charge in [-0.3, -0.25) is 4.79 Å². The first-order valence-electron chi connectivity index (χ1n) is 7.58. The van der Waals surface area contributed by atoms with Crippen LogP contribution in [0.15, 0.2) is 59.7 Å². The molecule has 0 radical (unpaired) electrons. The number of fused-ring (bicyclic) bond motifs is 1. The first kappa shape index (κ1) is 15.1. The van der Waals surface area contributed by atoms with Crippen molar-refractivity contribution in [2.75, 3.05) is 6.61 Å². The molecule has 5 nitrogen and oxygen atoms in total. The molecule has 3 rings (SSSR count). The van der Waals surface area contributed by atoms with Gasteiger partial charge >= 0.3 is 0 Å². The fraction of sp³-hybridized carbons (Fsp3) is 0.222. The summed E-state index contributed by atoms with van der Waals surface area (Å²) in [6, 6.07) is 17.0. The minimum Gasteiger partial charge on any atom is -0.485 e. The Morgan fingerprint density at radius 2 is 1.83 bits per heavy atom. The summed E-state index contributed by atoms with van der Waals surface area (Å²) in [7, 11) is 0. The first-order valence-corrected chi connectivity index (χ1v) is 7.58. The van der Waals surface area contributed by atoms with Crippen LogP contribution in [0.2, 0.25) is 0 Å². The Kier molecular flexibility index (Phi) is 4.57. The number of hydrogen-bond donors (Lipinski definition) is 1. The molecule has 5 heteroatoms. The number of hydrazone groups is 1. The monoisotopic (exact) mass is 310 g/mol. The fourth-order valence-electron chi connectivity index (χ4n) is 2.32. The summed E-state index contributed by atoms with van der Waals surface area (Å²) in [5.74, 6) is 0.904. The van der Waals surface area contributed by atoms with E-state index in [4.69, 9.17) is 9.47 Å². The molecule has 23 heavy (non-hydrogen) atoms. The first-order chi connectivity index (χ1) is 11.3. The zero-order valence-corrected chi connectivity index (χ0v) is 12.9. The molecule has 0 aromatic heterocycles. The average Bonchev–Trinajstić information content (AvgIpc) is 2.62. The van der Waals surface area contributed by atoms with Crippen molar-refractivity contribution in [3.63, 3.8) is 0 Å². The highest BCUT2D eigenvalue weighted by molar-refractivity contribution is 6.01. The van der Waals surface area contributed by atoms with Crippen molar-refractivity contribution in [1.29, 1.82) is 0 Å². The molecule has 2 aromatic rings. The fourth-order valence-corrected chi connectivity index (χ4v) is 2.32. The number of nitrogens with one attached hydrogen (secondary N) is 1. The normalized spacial score (nSPS) is 16.7. The number of carbonyl (C=O) groups is 1. The second kappa shape index (κ2) is 6.96. The van der Waals surface area contributed by atoms with Gasteiger partial charge in [-0.15, -0.1) is 0 Å². The lowest BCUT2D eigenvalue weighted by Gasteiger charge is -2.24. The minimum atomic E-state index is -0.706. The van der Waals surface area contributed by atoms with Gasteiger partial charge in [0.25, 0.3) is 5.91 Å². The van der Waals surface area contributed by atoms with Crippen molar-refractivity contribution in [1.82, 2.24) is 5.43 Å². The van der Waals surface area contributed by atoms with Gasteiger partial charge in [-0.2, -0.15) is 5.10 Å². The van der Waals surface area contributed by atoms with E-state index in [0.29, 0.717) is 11.5 Å². The molecule has 1 unspecified atom stereocenters. The molecule has 0 saturated carbocycles. The molecule has 1 heterocycles. The van der Waals surface area contributed by atoms with Crippen molar-refractivity contribution < 1.29 is 14.3 Å². The molecule has 1 N–H and O–H groups in total. The average molecular weight is 310 g/mol. The number of rotatable bonds is 4. The zero-order valence-electron chi connectivity index (χ0n) is 12.9. The third kappa shape index (κ3) is 3.51. The van der Waals surface area contributed by atoms with Crippen LogP contribution in [0.5, 0.6) is 11.5 Å². The Labute approximate surface area is 134 Å². The van der Waals surface area contributed by atoms with Gasteiger partial charge in [0.05, 0.1) is 5.71 Å². The predicted molar refractivity (Wildman–Crippen MR) is 87.8 cm³/mol. The lowest BCUT2D eigenvalue weighted by molar-refractivity contribution is -0.130. The van der Waals surface area contributed by atoms with Crippen LogP contribution in [0.25, 0.3) is 0 Å². The van der Waals surface area contributed by atoms with Gasteiger partial charge in [0, 0.05) is 0 Å². The highest BCUT2D eigenvalue weighted by Crippen LogP contribution is 2.30. The van der Waals surface area contributed by atoms with Crippen molar-refractivity contribution in [2.24, 2.45) is 5.10 Å². The Balaban J connectivity index is 1.67. The highest BCUT2D eigenvalue weighted by atomic mass is 16.6. The number of carbonyl (C=O) groups excluding carboxylic acids is 1. The van der Waals surface area contributed by atoms with Crippen molar-refractivity contribution in [3.8, 4) is 11.5 Å². The van der Waals surface area contributed by atoms with E-state index < -0.39 is 6.10 Å². The second-order valence-electron chi connectivity index (χ2n) is 5.12. The van der Waals surface area contributed by atoms with E-state index in [-0.39, 0.29) is 12.5 Å². The Morgan fingerprint density at radius 3 is 2.57 bits per heavy atom. The largest absolute Gasteiger partial charge is 0.485 e. The SMILES string of the molecule is CC/C(=N\NC(=O)C1COc2ccccc2O1)c1ccccc1. The molecule has 2 aromatic carbocycles. The van der Waals surface area contributed by atoms with E-state index in [1.807, 2.05) is 55.5 Å². The summed E-state index contributed by atoms with van der Waals surface area (Å²) >= 11 is 0. The van der Waals surface area contributed by atoms with Gasteiger partial charge in [0.1, 0.15) is 6.61 Å². The Bertz CT molecular complexity index is 713. The quantitative estimate of drug-likeness (QED) is 0.698. The molecule has 0 fully saturated rings. The van der Waals surface area contributed by atoms with E-state index in [1.54, 1.807) is 6.07 Å². The zero-order chi connectivity index (χ0) is 16.1. The number of nitrogens with zero attached hydrogens (tertiary/aromatic N) is 1. The maximum atomic E-state index is 12.2. The van der Waals surface area contributed by atoms with E-state index in [2.05, 4.69) is 10.5 Å². The minimum absolute atomic E-state index is 0.172. The summed E-state index contributed by atoms with van der Waals surface area (Å²) < 4.78 is 11.2. The van der Waals surface area contributed by atoms with Crippen LogP contribution in [-0.4, -0.2) is 24.3 Å². The highest BCUT2D eigenvalue weighted by Gasteiger charge is 2.27. The van der Waals surface area contributed by atoms with Crippen molar-refractivity contribution in [2.45, 2.75) is 19.4 Å². The molecular weight excluding hydrogens is 292 g/mol. The number of ether oxygens (including phenoxy) is 2. The predicted octanol–water partition coefficient (Wildman–Crippen LogP) is 2.76. The van der Waals surface area contributed by atoms with Crippen LogP contribution in [0, 0.1) is 0 Å². The molecule has 118 valence electrons. The van der Waals surface area contributed by atoms with Gasteiger partial charge in [-0.25, -0.2) is 5.43 Å². The maximum Gasteiger partial charge on any atom is 0.284 e. The number of para-hydroxylation sites is 2. The van der Waals surface area contributed by atoms with E-state index in [1.165, 1.54) is 0 Å². The lowest BCUT2D eigenvalue weighted by atomic mass is 10.1. The molecule has 0 aliphatic carbocycles. The summed E-state index contributed by atoms with van der Waals surface area (Å²) in [5.41, 5.74) is 4.38. The van der Waals surface area contributed by atoms with Gasteiger partial charge in [0.15, 0.2) is 11.5 Å². The number of benzene rings is 2. The molecule has 1 aliphatic rings. The Hall–Kier alpha value is -2.82. The lowest BCUT2D eigenvalue weighted by Crippen LogP contribution is -2.42. The molecule has 0 spiro atoms. The van der Waals surface area contributed by atoms with Crippen LogP contribution in [-0.2, 0) is 4.79 Å². The summed E-state index contributed by atoms with van der Waals surface area (Å²) in [4.78, 5) is 12.2. The van der Waals surface area contributed by atoms with Crippen molar-refractivity contribution in [3.05, 3.63) is 60.2 Å². The van der Waals surface area contributed by atoms with E-state index in [0.717, 1.165) is 17.7 Å². The smallest absolute Gasteiger partial charge is 0.284 e. The van der Waals surface area contributed by atoms with Crippen LogP contribution < -0.4 is 14.9 Å². The van der Waals surface area contributed by atoms with Gasteiger partial charge in [-0.1, -0.05) is 49.4 Å². The molecule has 1 aliphatic heterocycles. The maximum absolute atomic E-state index is 12.2. The molecule has 1 atom stereocenters. The van der Waals surface area contributed by atoms with Crippen LogP contribution in [0.4, 0.5) is 0 Å². The molecule has 0 saturated heterocycles. The summed E-state index contributed by atoms with van der Waals surface area (Å²) in [5, 5.41) is 4.23. The van der Waals surface area contributed by atoms with Crippen LogP contribution in [0.3, 0.4) is 0 Å². The van der Waals surface area contributed by atoms with Gasteiger partial charge < -0.3 is 9.47 Å². The topological polar surface area (TPSA) is 59.9 Å². The second-order valence-corrected chi connectivity index (χ2v) is 5.12. The van der Waals surface area contributed by atoms with Crippen LogP contribution in [0.1, 0.15) is 18.9 Å². The summed E-state index contributed by atoms with van der Waals surface area (Å²) in [6.45, 7) is 2.17. The molecule has 1 amide bonds.